The van der Waals surface area contributed by atoms with Crippen LogP contribution in [0.5, 0.6) is 0 Å². The fraction of sp³-hybridized carbons (Fsp3) is 0.133. The maximum absolute atomic E-state index is 13.5. The van der Waals surface area contributed by atoms with E-state index in [9.17, 15) is 13.6 Å². The third-order valence-electron chi connectivity index (χ3n) is 2.60. The molecule has 0 fully saturated rings. The molecule has 2 rings (SSSR count). The van der Waals surface area contributed by atoms with Gasteiger partial charge in [-0.1, -0.05) is 23.7 Å². The summed E-state index contributed by atoms with van der Waals surface area (Å²) in [4.78, 5) is 11.7. The minimum absolute atomic E-state index is 0.0933. The zero-order chi connectivity index (χ0) is 15.2. The molecule has 110 valence electrons. The summed E-state index contributed by atoms with van der Waals surface area (Å²) in [5.74, 6) is -0.545. The Labute approximate surface area is 130 Å². The second-order valence-corrected chi connectivity index (χ2v) is 5.72. The first-order valence-corrected chi connectivity index (χ1v) is 7.65. The molecule has 0 unspecified atom stereocenters. The van der Waals surface area contributed by atoms with Crippen LogP contribution in [-0.2, 0) is 10.5 Å². The predicted molar refractivity (Wildman–Crippen MR) is 82.6 cm³/mol. The standard InChI is InChI=1S/C15H12ClF2NOS/c16-11-4-5-14(13(18)7-11)19-15(20)9-21-8-10-2-1-3-12(17)6-10/h1-7H,8-9H2,(H,19,20). The van der Waals surface area contributed by atoms with Crippen LogP contribution in [0.2, 0.25) is 5.02 Å². The maximum atomic E-state index is 13.5. The molecule has 21 heavy (non-hydrogen) atoms. The van der Waals surface area contributed by atoms with E-state index in [2.05, 4.69) is 5.32 Å². The van der Waals surface area contributed by atoms with Gasteiger partial charge < -0.3 is 5.32 Å². The molecule has 2 aromatic rings. The average molecular weight is 328 g/mol. The molecule has 1 N–H and O–H groups in total. The molecule has 0 spiro atoms. The number of carbonyl (C=O) groups is 1. The van der Waals surface area contributed by atoms with E-state index < -0.39 is 5.82 Å². The minimum atomic E-state index is -0.578. The third kappa shape index (κ3) is 5.02. The highest BCUT2D eigenvalue weighted by atomic mass is 35.5. The Morgan fingerprint density at radius 3 is 2.71 bits per heavy atom. The Morgan fingerprint density at radius 1 is 1.19 bits per heavy atom. The molecule has 0 heterocycles. The van der Waals surface area contributed by atoms with Crippen molar-refractivity contribution in [1.29, 1.82) is 0 Å². The van der Waals surface area contributed by atoms with E-state index in [1.807, 2.05) is 0 Å². The summed E-state index contributed by atoms with van der Waals surface area (Å²) < 4.78 is 26.5. The summed E-state index contributed by atoms with van der Waals surface area (Å²) in [5, 5.41) is 2.74. The molecule has 0 saturated carbocycles. The lowest BCUT2D eigenvalue weighted by Crippen LogP contribution is -2.15. The van der Waals surface area contributed by atoms with Crippen molar-refractivity contribution in [3.8, 4) is 0 Å². The monoisotopic (exact) mass is 327 g/mol. The van der Waals surface area contributed by atoms with Crippen LogP contribution in [-0.4, -0.2) is 11.7 Å². The second-order valence-electron chi connectivity index (χ2n) is 4.30. The Balaban J connectivity index is 1.82. The van der Waals surface area contributed by atoms with Gasteiger partial charge in [-0.05, 0) is 35.9 Å². The van der Waals surface area contributed by atoms with E-state index in [4.69, 9.17) is 11.6 Å². The summed E-state index contributed by atoms with van der Waals surface area (Å²) in [6, 6.07) is 10.2. The summed E-state index contributed by atoms with van der Waals surface area (Å²) in [6.45, 7) is 0. The molecule has 0 aliphatic carbocycles. The quantitative estimate of drug-likeness (QED) is 0.876. The summed E-state index contributed by atoms with van der Waals surface area (Å²) in [6.07, 6.45) is 0. The van der Waals surface area contributed by atoms with Gasteiger partial charge in [0.25, 0.3) is 0 Å². The van der Waals surface area contributed by atoms with Crippen molar-refractivity contribution in [2.45, 2.75) is 5.75 Å². The van der Waals surface area contributed by atoms with Crippen molar-refractivity contribution >= 4 is 35.0 Å². The molecule has 0 aliphatic heterocycles. The Bertz CT molecular complexity index is 651. The van der Waals surface area contributed by atoms with Crippen molar-refractivity contribution in [3.05, 3.63) is 64.7 Å². The van der Waals surface area contributed by atoms with E-state index in [-0.39, 0.29) is 28.2 Å². The Kier molecular flexibility index (Phi) is 5.59. The number of hydrogen-bond acceptors (Lipinski definition) is 2. The summed E-state index contributed by atoms with van der Waals surface area (Å²) in [5.41, 5.74) is 0.890. The fourth-order valence-electron chi connectivity index (χ4n) is 1.67. The Morgan fingerprint density at radius 2 is 2.00 bits per heavy atom. The van der Waals surface area contributed by atoms with Crippen LogP contribution in [0.4, 0.5) is 14.5 Å². The molecule has 1 amide bonds. The van der Waals surface area contributed by atoms with Crippen LogP contribution in [0, 0.1) is 11.6 Å². The van der Waals surface area contributed by atoms with E-state index in [1.165, 1.54) is 36.0 Å². The second kappa shape index (κ2) is 7.43. The summed E-state index contributed by atoms with van der Waals surface area (Å²) in [7, 11) is 0. The molecule has 0 saturated heterocycles. The van der Waals surface area contributed by atoms with Gasteiger partial charge in [0.05, 0.1) is 11.4 Å². The van der Waals surface area contributed by atoms with Crippen LogP contribution in [0.25, 0.3) is 0 Å². The molecule has 6 heteroatoms. The number of halogens is 3. The molecule has 2 nitrogen and oxygen atoms in total. The van der Waals surface area contributed by atoms with Crippen molar-refractivity contribution in [3.63, 3.8) is 0 Å². The molecular weight excluding hydrogens is 316 g/mol. The molecule has 0 aromatic heterocycles. The Hall–Kier alpha value is -1.59. The number of rotatable bonds is 5. The van der Waals surface area contributed by atoms with Gasteiger partial charge in [0.15, 0.2) is 0 Å². The van der Waals surface area contributed by atoms with Crippen molar-refractivity contribution in [1.82, 2.24) is 0 Å². The normalized spacial score (nSPS) is 10.4. The highest BCUT2D eigenvalue weighted by molar-refractivity contribution is 7.99. The number of anilines is 1. The fourth-order valence-corrected chi connectivity index (χ4v) is 2.60. The lowest BCUT2D eigenvalue weighted by Gasteiger charge is -2.06. The molecule has 0 aliphatic rings. The van der Waals surface area contributed by atoms with Gasteiger partial charge in [-0.15, -0.1) is 11.8 Å². The first kappa shape index (κ1) is 15.8. The average Bonchev–Trinajstić information content (AvgIpc) is 2.42. The van der Waals surface area contributed by atoms with Gasteiger partial charge in [-0.3, -0.25) is 4.79 Å². The number of amides is 1. The zero-order valence-corrected chi connectivity index (χ0v) is 12.5. The van der Waals surface area contributed by atoms with Crippen LogP contribution in [0.3, 0.4) is 0 Å². The summed E-state index contributed by atoms with van der Waals surface area (Å²) >= 11 is 6.95. The lowest BCUT2D eigenvalue weighted by atomic mass is 10.2. The van der Waals surface area contributed by atoms with Crippen LogP contribution in [0.1, 0.15) is 5.56 Å². The minimum Gasteiger partial charge on any atom is -0.323 e. The number of hydrogen-bond donors (Lipinski definition) is 1. The maximum Gasteiger partial charge on any atom is 0.234 e. The van der Waals surface area contributed by atoms with E-state index in [1.54, 1.807) is 12.1 Å². The number of thioether (sulfide) groups is 1. The molecule has 0 radical (unpaired) electrons. The predicted octanol–water partition coefficient (Wildman–Crippen LogP) is 4.49. The molecular formula is C15H12ClF2NOS. The topological polar surface area (TPSA) is 29.1 Å². The smallest absolute Gasteiger partial charge is 0.234 e. The lowest BCUT2D eigenvalue weighted by molar-refractivity contribution is -0.113. The number of nitrogens with one attached hydrogen (secondary N) is 1. The van der Waals surface area contributed by atoms with Crippen molar-refractivity contribution in [2.24, 2.45) is 0 Å². The van der Waals surface area contributed by atoms with Gasteiger partial charge in [0.2, 0.25) is 5.91 Å². The largest absolute Gasteiger partial charge is 0.323 e. The van der Waals surface area contributed by atoms with Crippen LogP contribution >= 0.6 is 23.4 Å². The van der Waals surface area contributed by atoms with E-state index in [0.717, 1.165) is 11.6 Å². The van der Waals surface area contributed by atoms with Gasteiger partial charge in [-0.2, -0.15) is 0 Å². The van der Waals surface area contributed by atoms with Crippen LogP contribution in [0.15, 0.2) is 42.5 Å². The van der Waals surface area contributed by atoms with Crippen molar-refractivity contribution < 1.29 is 13.6 Å². The third-order valence-corrected chi connectivity index (χ3v) is 3.84. The van der Waals surface area contributed by atoms with Gasteiger partial charge in [0, 0.05) is 10.8 Å². The van der Waals surface area contributed by atoms with Gasteiger partial charge in [0.1, 0.15) is 11.6 Å². The van der Waals surface area contributed by atoms with E-state index >= 15 is 0 Å². The van der Waals surface area contributed by atoms with Gasteiger partial charge in [-0.25, -0.2) is 8.78 Å². The molecule has 0 bridgehead atoms. The first-order chi connectivity index (χ1) is 10.0. The zero-order valence-electron chi connectivity index (χ0n) is 10.9. The highest BCUT2D eigenvalue weighted by Gasteiger charge is 2.08. The molecule has 2 aromatic carbocycles. The number of benzene rings is 2. The van der Waals surface area contributed by atoms with E-state index in [0.29, 0.717) is 5.75 Å². The van der Waals surface area contributed by atoms with Crippen LogP contribution < -0.4 is 5.32 Å². The number of carbonyl (C=O) groups excluding carboxylic acids is 1. The first-order valence-electron chi connectivity index (χ1n) is 6.11. The SMILES string of the molecule is O=C(CSCc1cccc(F)c1)Nc1ccc(Cl)cc1F. The molecule has 0 atom stereocenters. The van der Waals surface area contributed by atoms with Gasteiger partial charge >= 0.3 is 0 Å². The van der Waals surface area contributed by atoms with Crippen molar-refractivity contribution in [2.75, 3.05) is 11.1 Å². The highest BCUT2D eigenvalue weighted by Crippen LogP contribution is 2.19.